The summed E-state index contributed by atoms with van der Waals surface area (Å²) in [5.41, 5.74) is 0.716. The van der Waals surface area contributed by atoms with Crippen molar-refractivity contribution in [1.29, 1.82) is 0 Å². The first-order chi connectivity index (χ1) is 8.17. The van der Waals surface area contributed by atoms with Crippen molar-refractivity contribution < 1.29 is 9.50 Å². The van der Waals surface area contributed by atoms with Crippen LogP contribution in [0.3, 0.4) is 0 Å². The van der Waals surface area contributed by atoms with Gasteiger partial charge < -0.3 is 15.7 Å². The van der Waals surface area contributed by atoms with Crippen LogP contribution in [0.4, 0.5) is 4.39 Å². The van der Waals surface area contributed by atoms with E-state index in [9.17, 15) is 4.39 Å². The highest BCUT2D eigenvalue weighted by molar-refractivity contribution is 5.79. The van der Waals surface area contributed by atoms with E-state index in [0.717, 1.165) is 13.1 Å². The maximum Gasteiger partial charge on any atom is 0.191 e. The van der Waals surface area contributed by atoms with Crippen molar-refractivity contribution in [3.63, 3.8) is 0 Å². The molecule has 0 radical (unpaired) electrons. The normalized spacial score (nSPS) is 9.82. The van der Waals surface area contributed by atoms with Crippen LogP contribution in [0.2, 0.25) is 0 Å². The molecule has 0 fully saturated rings. The van der Waals surface area contributed by atoms with Crippen molar-refractivity contribution in [2.24, 2.45) is 4.99 Å². The molecule has 0 aliphatic carbocycles. The van der Waals surface area contributed by atoms with E-state index in [2.05, 4.69) is 15.6 Å². The molecular weight excluding hydrogens is 221 g/mol. The molecule has 3 N–H and O–H groups in total. The van der Waals surface area contributed by atoms with Crippen LogP contribution in [-0.2, 0) is 6.54 Å². The lowest BCUT2D eigenvalue weighted by Gasteiger charge is -2.09. The van der Waals surface area contributed by atoms with Crippen LogP contribution >= 0.6 is 0 Å². The summed E-state index contributed by atoms with van der Waals surface area (Å²) in [5, 5.41) is 15.2. The number of phenols is 1. The fourth-order valence-electron chi connectivity index (χ4n) is 1.33. The van der Waals surface area contributed by atoms with Crippen LogP contribution in [0, 0.1) is 5.82 Å². The van der Waals surface area contributed by atoms with Crippen molar-refractivity contribution in [2.45, 2.75) is 20.4 Å². The monoisotopic (exact) mass is 239 g/mol. The van der Waals surface area contributed by atoms with Gasteiger partial charge in [-0.25, -0.2) is 9.38 Å². The summed E-state index contributed by atoms with van der Waals surface area (Å²) in [4.78, 5) is 4.29. The Labute approximate surface area is 101 Å². The van der Waals surface area contributed by atoms with Gasteiger partial charge >= 0.3 is 0 Å². The highest BCUT2D eigenvalue weighted by Crippen LogP contribution is 2.16. The molecule has 0 amide bonds. The third kappa shape index (κ3) is 4.30. The van der Waals surface area contributed by atoms with E-state index in [-0.39, 0.29) is 5.75 Å². The Morgan fingerprint density at radius 2 is 1.94 bits per heavy atom. The zero-order valence-electron chi connectivity index (χ0n) is 10.1. The molecule has 1 rings (SSSR count). The number of rotatable bonds is 4. The Balaban J connectivity index is 2.68. The number of hydrogen-bond donors (Lipinski definition) is 3. The van der Waals surface area contributed by atoms with Crippen molar-refractivity contribution >= 4 is 5.96 Å². The van der Waals surface area contributed by atoms with Crippen LogP contribution in [-0.4, -0.2) is 24.2 Å². The highest BCUT2D eigenvalue weighted by Gasteiger charge is 2.01. The Morgan fingerprint density at radius 3 is 2.47 bits per heavy atom. The number of hydrogen-bond acceptors (Lipinski definition) is 2. The van der Waals surface area contributed by atoms with E-state index in [1.54, 1.807) is 6.07 Å². The van der Waals surface area contributed by atoms with Gasteiger partial charge in [0.2, 0.25) is 0 Å². The second-order valence-corrected chi connectivity index (χ2v) is 3.51. The molecular formula is C12H18FN3O. The molecule has 0 unspecified atom stereocenters. The van der Waals surface area contributed by atoms with Crippen LogP contribution < -0.4 is 10.6 Å². The van der Waals surface area contributed by atoms with Gasteiger partial charge in [0.1, 0.15) is 0 Å². The first kappa shape index (κ1) is 13.3. The Morgan fingerprint density at radius 1 is 1.29 bits per heavy atom. The van der Waals surface area contributed by atoms with Gasteiger partial charge in [-0.15, -0.1) is 0 Å². The molecule has 0 saturated carbocycles. The summed E-state index contributed by atoms with van der Waals surface area (Å²) < 4.78 is 13.1. The van der Waals surface area contributed by atoms with Crippen molar-refractivity contribution in [3.8, 4) is 5.75 Å². The predicted molar refractivity (Wildman–Crippen MR) is 66.6 cm³/mol. The third-order valence-corrected chi connectivity index (χ3v) is 2.12. The summed E-state index contributed by atoms with van der Waals surface area (Å²) in [5.74, 6) is -0.258. The quantitative estimate of drug-likeness (QED) is 0.552. The molecule has 0 bridgehead atoms. The van der Waals surface area contributed by atoms with E-state index in [4.69, 9.17) is 5.11 Å². The van der Waals surface area contributed by atoms with Crippen molar-refractivity contribution in [2.75, 3.05) is 13.1 Å². The molecule has 0 spiro atoms. The number of benzene rings is 1. The summed E-state index contributed by atoms with van der Waals surface area (Å²) in [6.45, 7) is 5.87. The number of nitrogens with zero attached hydrogens (tertiary/aromatic N) is 1. The molecule has 0 aliphatic rings. The molecule has 1 aromatic rings. The fraction of sp³-hybridized carbons (Fsp3) is 0.417. The lowest BCUT2D eigenvalue weighted by Crippen LogP contribution is -2.36. The van der Waals surface area contributed by atoms with E-state index in [0.29, 0.717) is 18.1 Å². The second kappa shape index (κ2) is 6.73. The zero-order valence-corrected chi connectivity index (χ0v) is 10.1. The van der Waals surface area contributed by atoms with Gasteiger partial charge in [-0.2, -0.15) is 0 Å². The van der Waals surface area contributed by atoms with E-state index >= 15 is 0 Å². The molecule has 0 saturated heterocycles. The average Bonchev–Trinajstić information content (AvgIpc) is 2.31. The zero-order chi connectivity index (χ0) is 12.7. The average molecular weight is 239 g/mol. The van der Waals surface area contributed by atoms with Crippen LogP contribution in [0.25, 0.3) is 0 Å². The largest absolute Gasteiger partial charge is 0.505 e. The standard InChI is InChI=1S/C12H18FN3O/c1-3-14-12(15-4-2)16-8-9-5-6-11(17)10(13)7-9/h5-7,17H,3-4,8H2,1-2H3,(H2,14,15,16). The summed E-state index contributed by atoms with van der Waals surface area (Å²) in [6.07, 6.45) is 0. The number of aliphatic imine (C=N–C) groups is 1. The number of phenolic OH excluding ortho intramolecular Hbond substituents is 1. The van der Waals surface area contributed by atoms with Gasteiger partial charge in [0.25, 0.3) is 0 Å². The van der Waals surface area contributed by atoms with Gasteiger partial charge in [0.15, 0.2) is 17.5 Å². The van der Waals surface area contributed by atoms with E-state index in [1.165, 1.54) is 12.1 Å². The third-order valence-electron chi connectivity index (χ3n) is 2.12. The predicted octanol–water partition coefficient (Wildman–Crippen LogP) is 1.61. The minimum Gasteiger partial charge on any atom is -0.505 e. The van der Waals surface area contributed by atoms with Gasteiger partial charge in [-0.1, -0.05) is 6.07 Å². The Kier molecular flexibility index (Phi) is 5.26. The van der Waals surface area contributed by atoms with E-state index in [1.807, 2.05) is 13.8 Å². The number of nitrogens with one attached hydrogen (secondary N) is 2. The van der Waals surface area contributed by atoms with Crippen molar-refractivity contribution in [3.05, 3.63) is 29.6 Å². The maximum atomic E-state index is 13.1. The second-order valence-electron chi connectivity index (χ2n) is 3.51. The molecule has 0 aromatic heterocycles. The molecule has 1 aromatic carbocycles. The van der Waals surface area contributed by atoms with Gasteiger partial charge in [0, 0.05) is 13.1 Å². The Bertz CT molecular complexity index is 385. The lowest BCUT2D eigenvalue weighted by molar-refractivity contribution is 0.432. The van der Waals surface area contributed by atoms with Crippen LogP contribution in [0.5, 0.6) is 5.75 Å². The van der Waals surface area contributed by atoms with Gasteiger partial charge in [-0.3, -0.25) is 0 Å². The van der Waals surface area contributed by atoms with Crippen LogP contribution in [0.1, 0.15) is 19.4 Å². The minimum absolute atomic E-state index is 0.337. The maximum absolute atomic E-state index is 13.1. The smallest absolute Gasteiger partial charge is 0.191 e. The molecule has 4 nitrogen and oxygen atoms in total. The summed E-state index contributed by atoms with van der Waals surface area (Å²) >= 11 is 0. The first-order valence-electron chi connectivity index (χ1n) is 5.67. The van der Waals surface area contributed by atoms with Gasteiger partial charge in [0.05, 0.1) is 6.54 Å². The first-order valence-corrected chi connectivity index (χ1v) is 5.67. The summed E-state index contributed by atoms with van der Waals surface area (Å²) in [7, 11) is 0. The molecule has 5 heteroatoms. The molecule has 94 valence electrons. The van der Waals surface area contributed by atoms with E-state index < -0.39 is 5.82 Å². The fourth-order valence-corrected chi connectivity index (χ4v) is 1.33. The SMILES string of the molecule is CCNC(=NCc1ccc(O)c(F)c1)NCC. The summed E-state index contributed by atoms with van der Waals surface area (Å²) in [6, 6.07) is 4.27. The van der Waals surface area contributed by atoms with Crippen LogP contribution in [0.15, 0.2) is 23.2 Å². The Hall–Kier alpha value is -1.78. The van der Waals surface area contributed by atoms with Gasteiger partial charge in [-0.05, 0) is 31.5 Å². The minimum atomic E-state index is -0.619. The molecule has 17 heavy (non-hydrogen) atoms. The lowest BCUT2D eigenvalue weighted by atomic mass is 10.2. The molecule has 0 aliphatic heterocycles. The molecule has 0 heterocycles. The number of guanidine groups is 1. The topological polar surface area (TPSA) is 56.7 Å². The highest BCUT2D eigenvalue weighted by atomic mass is 19.1. The van der Waals surface area contributed by atoms with Crippen molar-refractivity contribution in [1.82, 2.24) is 10.6 Å². The number of halogens is 1. The number of aromatic hydroxyl groups is 1. The molecule has 0 atom stereocenters.